The zero-order chi connectivity index (χ0) is 15.2. The van der Waals surface area contributed by atoms with Crippen LogP contribution >= 0.6 is 0 Å². The Kier molecular flexibility index (Phi) is 5.59. The molecule has 21 heavy (non-hydrogen) atoms. The first kappa shape index (κ1) is 15.8. The van der Waals surface area contributed by atoms with Gasteiger partial charge in [0.25, 0.3) is 5.91 Å². The lowest BCUT2D eigenvalue weighted by Gasteiger charge is -2.35. The SMILES string of the molecule is CC1CCN(CCOc2ccc(C(=O)NN)cc2)CC1C. The molecule has 2 unspecified atom stereocenters. The van der Waals surface area contributed by atoms with E-state index in [1.165, 1.54) is 6.42 Å². The molecule has 1 amide bonds. The van der Waals surface area contributed by atoms with Gasteiger partial charge in [-0.25, -0.2) is 5.84 Å². The third-order valence-corrected chi connectivity index (χ3v) is 4.34. The summed E-state index contributed by atoms with van der Waals surface area (Å²) in [5.74, 6) is 7.16. The van der Waals surface area contributed by atoms with Gasteiger partial charge >= 0.3 is 0 Å². The highest BCUT2D eigenvalue weighted by atomic mass is 16.5. The molecule has 0 spiro atoms. The molecule has 0 aliphatic carbocycles. The average Bonchev–Trinajstić information content (AvgIpc) is 2.51. The second-order valence-corrected chi connectivity index (χ2v) is 5.89. The number of hydrogen-bond donors (Lipinski definition) is 2. The molecule has 2 rings (SSSR count). The lowest BCUT2D eigenvalue weighted by molar-refractivity contribution is 0.0953. The number of nitrogens with zero attached hydrogens (tertiary/aromatic N) is 1. The number of nitrogens with one attached hydrogen (secondary N) is 1. The van der Waals surface area contributed by atoms with Crippen LogP contribution in [-0.2, 0) is 0 Å². The summed E-state index contributed by atoms with van der Waals surface area (Å²) in [6.07, 6.45) is 1.27. The van der Waals surface area contributed by atoms with Crippen LogP contribution < -0.4 is 16.0 Å². The molecule has 2 atom stereocenters. The van der Waals surface area contributed by atoms with Crippen molar-refractivity contribution in [3.63, 3.8) is 0 Å². The Balaban J connectivity index is 1.75. The number of likely N-dealkylation sites (tertiary alicyclic amines) is 1. The number of carbonyl (C=O) groups is 1. The van der Waals surface area contributed by atoms with E-state index in [0.717, 1.165) is 37.2 Å². The minimum absolute atomic E-state index is 0.294. The van der Waals surface area contributed by atoms with Crippen LogP contribution in [0.25, 0.3) is 0 Å². The molecule has 0 radical (unpaired) electrons. The lowest BCUT2D eigenvalue weighted by Crippen LogP contribution is -2.40. The van der Waals surface area contributed by atoms with Crippen molar-refractivity contribution in [2.45, 2.75) is 20.3 Å². The topological polar surface area (TPSA) is 67.6 Å². The normalized spacial score (nSPS) is 22.8. The third kappa shape index (κ3) is 4.44. The van der Waals surface area contributed by atoms with Gasteiger partial charge in [-0.1, -0.05) is 13.8 Å². The lowest BCUT2D eigenvalue weighted by atomic mass is 9.89. The molecule has 1 aromatic carbocycles. The largest absolute Gasteiger partial charge is 0.492 e. The van der Waals surface area contributed by atoms with E-state index in [9.17, 15) is 4.79 Å². The minimum Gasteiger partial charge on any atom is -0.492 e. The van der Waals surface area contributed by atoms with E-state index in [2.05, 4.69) is 24.2 Å². The highest BCUT2D eigenvalue weighted by molar-refractivity contribution is 5.93. The first-order valence-corrected chi connectivity index (χ1v) is 7.56. The Bertz CT molecular complexity index is 461. The quantitative estimate of drug-likeness (QED) is 0.492. The smallest absolute Gasteiger partial charge is 0.265 e. The molecule has 5 heteroatoms. The van der Waals surface area contributed by atoms with Gasteiger partial charge in [-0.15, -0.1) is 0 Å². The van der Waals surface area contributed by atoms with Crippen molar-refractivity contribution in [2.24, 2.45) is 17.7 Å². The van der Waals surface area contributed by atoms with Gasteiger partial charge in [-0.2, -0.15) is 0 Å². The molecule has 116 valence electrons. The van der Waals surface area contributed by atoms with Gasteiger partial charge in [0, 0.05) is 18.7 Å². The van der Waals surface area contributed by atoms with Gasteiger partial charge in [-0.3, -0.25) is 15.1 Å². The standard InChI is InChI=1S/C16H25N3O2/c1-12-7-8-19(11-13(12)2)9-10-21-15-5-3-14(4-6-15)16(20)18-17/h3-6,12-13H,7-11,17H2,1-2H3,(H,18,20). The van der Waals surface area contributed by atoms with Crippen molar-refractivity contribution in [3.05, 3.63) is 29.8 Å². The maximum Gasteiger partial charge on any atom is 0.265 e. The molecule has 1 heterocycles. The van der Waals surface area contributed by atoms with Crippen molar-refractivity contribution in [1.82, 2.24) is 10.3 Å². The van der Waals surface area contributed by atoms with Gasteiger partial charge < -0.3 is 4.74 Å². The molecule has 3 N–H and O–H groups in total. The number of nitrogens with two attached hydrogens (primary N) is 1. The van der Waals surface area contributed by atoms with E-state index in [1.807, 2.05) is 0 Å². The van der Waals surface area contributed by atoms with Gasteiger partial charge in [0.1, 0.15) is 12.4 Å². The van der Waals surface area contributed by atoms with Crippen LogP contribution in [0.2, 0.25) is 0 Å². The summed E-state index contributed by atoms with van der Waals surface area (Å²) in [5.41, 5.74) is 2.64. The third-order valence-electron chi connectivity index (χ3n) is 4.34. The molecular formula is C16H25N3O2. The van der Waals surface area contributed by atoms with E-state index in [1.54, 1.807) is 24.3 Å². The average molecular weight is 291 g/mol. The van der Waals surface area contributed by atoms with E-state index in [4.69, 9.17) is 10.6 Å². The zero-order valence-corrected chi connectivity index (χ0v) is 12.8. The fraction of sp³-hybridized carbons (Fsp3) is 0.562. The van der Waals surface area contributed by atoms with Crippen molar-refractivity contribution >= 4 is 5.91 Å². The van der Waals surface area contributed by atoms with Crippen molar-refractivity contribution in [3.8, 4) is 5.75 Å². The van der Waals surface area contributed by atoms with Crippen LogP contribution in [0.1, 0.15) is 30.6 Å². The fourth-order valence-corrected chi connectivity index (χ4v) is 2.63. The van der Waals surface area contributed by atoms with E-state index in [0.29, 0.717) is 12.2 Å². The summed E-state index contributed by atoms with van der Waals surface area (Å²) in [6, 6.07) is 7.02. The summed E-state index contributed by atoms with van der Waals surface area (Å²) >= 11 is 0. The molecular weight excluding hydrogens is 266 g/mol. The maximum atomic E-state index is 11.3. The Morgan fingerprint density at radius 2 is 2.05 bits per heavy atom. The first-order chi connectivity index (χ1) is 10.1. The molecule has 0 aromatic heterocycles. The van der Waals surface area contributed by atoms with Crippen LogP contribution in [0.15, 0.2) is 24.3 Å². The molecule has 1 aliphatic rings. The number of nitrogen functional groups attached to an aromatic ring is 1. The van der Waals surface area contributed by atoms with Gasteiger partial charge in [0.15, 0.2) is 0 Å². The summed E-state index contributed by atoms with van der Waals surface area (Å²) in [5, 5.41) is 0. The molecule has 1 fully saturated rings. The second-order valence-electron chi connectivity index (χ2n) is 5.89. The van der Waals surface area contributed by atoms with Gasteiger partial charge in [-0.05, 0) is 49.1 Å². The Labute approximate surface area is 126 Å². The van der Waals surface area contributed by atoms with E-state index >= 15 is 0 Å². The monoisotopic (exact) mass is 291 g/mol. The van der Waals surface area contributed by atoms with Crippen LogP contribution in [0.5, 0.6) is 5.75 Å². The van der Waals surface area contributed by atoms with E-state index in [-0.39, 0.29) is 5.91 Å². The van der Waals surface area contributed by atoms with Crippen LogP contribution in [0, 0.1) is 11.8 Å². The number of hydrazine groups is 1. The molecule has 0 bridgehead atoms. The number of hydrogen-bond acceptors (Lipinski definition) is 4. The van der Waals surface area contributed by atoms with E-state index < -0.39 is 0 Å². The van der Waals surface area contributed by atoms with Crippen molar-refractivity contribution < 1.29 is 9.53 Å². The molecule has 0 saturated carbocycles. The summed E-state index contributed by atoms with van der Waals surface area (Å²) < 4.78 is 5.73. The van der Waals surface area contributed by atoms with Crippen LogP contribution in [0.3, 0.4) is 0 Å². The minimum atomic E-state index is -0.294. The number of amides is 1. The number of carbonyl (C=O) groups excluding carboxylic acids is 1. The Morgan fingerprint density at radius 3 is 2.67 bits per heavy atom. The summed E-state index contributed by atoms with van der Waals surface area (Å²) in [4.78, 5) is 13.8. The van der Waals surface area contributed by atoms with Crippen molar-refractivity contribution in [2.75, 3.05) is 26.2 Å². The van der Waals surface area contributed by atoms with Gasteiger partial charge in [0.2, 0.25) is 0 Å². The summed E-state index contributed by atoms with van der Waals surface area (Å²) in [6.45, 7) is 8.58. The Hall–Kier alpha value is -1.59. The predicted octanol–water partition coefficient (Wildman–Crippen LogP) is 1.65. The number of ether oxygens (including phenoxy) is 1. The Morgan fingerprint density at radius 1 is 1.33 bits per heavy atom. The van der Waals surface area contributed by atoms with Crippen LogP contribution in [-0.4, -0.2) is 37.0 Å². The van der Waals surface area contributed by atoms with Crippen molar-refractivity contribution in [1.29, 1.82) is 0 Å². The molecule has 1 aliphatic heterocycles. The van der Waals surface area contributed by atoms with Crippen LogP contribution in [0.4, 0.5) is 0 Å². The first-order valence-electron chi connectivity index (χ1n) is 7.56. The predicted molar refractivity (Wildman–Crippen MR) is 83.0 cm³/mol. The molecule has 1 saturated heterocycles. The maximum absolute atomic E-state index is 11.3. The van der Waals surface area contributed by atoms with Gasteiger partial charge in [0.05, 0.1) is 0 Å². The second kappa shape index (κ2) is 7.43. The fourth-order valence-electron chi connectivity index (χ4n) is 2.63. The highest BCUT2D eigenvalue weighted by Gasteiger charge is 2.22. The number of rotatable bonds is 5. The zero-order valence-electron chi connectivity index (χ0n) is 12.8. The highest BCUT2D eigenvalue weighted by Crippen LogP contribution is 2.22. The summed E-state index contributed by atoms with van der Waals surface area (Å²) in [7, 11) is 0. The molecule has 5 nitrogen and oxygen atoms in total. The number of piperidine rings is 1. The number of benzene rings is 1. The molecule has 1 aromatic rings.